The van der Waals surface area contributed by atoms with Crippen LogP contribution in [-0.2, 0) is 20.7 Å². The Morgan fingerprint density at radius 3 is 2.39 bits per heavy atom. The Kier molecular flexibility index (Phi) is 13.7. The van der Waals surface area contributed by atoms with Gasteiger partial charge in [-0.25, -0.2) is 9.89 Å². The van der Waals surface area contributed by atoms with Crippen LogP contribution in [0, 0.1) is 16.7 Å². The predicted molar refractivity (Wildman–Crippen MR) is 190 cm³/mol. The van der Waals surface area contributed by atoms with Crippen LogP contribution in [-0.4, -0.2) is 53.5 Å². The molecule has 0 aromatic heterocycles. The average Bonchev–Trinajstić information content (AvgIpc) is 3.28. The van der Waals surface area contributed by atoms with E-state index in [-0.39, 0.29) is 35.1 Å². The minimum atomic E-state index is -0.860. The molecular weight excluding hydrogens is 598 g/mol. The number of benzene rings is 1. The summed E-state index contributed by atoms with van der Waals surface area (Å²) in [5.41, 5.74) is 2.62. The molecule has 8 heteroatoms. The molecule has 1 aromatic carbocycles. The molecule has 0 amide bonds. The number of rotatable bonds is 15. The molecule has 1 heterocycles. The summed E-state index contributed by atoms with van der Waals surface area (Å²) < 4.78 is 10.6. The van der Waals surface area contributed by atoms with Crippen LogP contribution >= 0.6 is 11.6 Å². The van der Waals surface area contributed by atoms with Gasteiger partial charge in [-0.3, -0.25) is 9.79 Å². The molecule has 46 heavy (non-hydrogen) atoms. The Morgan fingerprint density at radius 2 is 1.85 bits per heavy atom. The van der Waals surface area contributed by atoms with Crippen molar-refractivity contribution in [1.82, 2.24) is 4.90 Å². The Bertz CT molecular complexity index is 1250. The van der Waals surface area contributed by atoms with Crippen LogP contribution in [0.5, 0.6) is 0 Å². The Balaban J connectivity index is 2.01. The van der Waals surface area contributed by atoms with Crippen LogP contribution in [0.1, 0.15) is 123 Å². The lowest BCUT2D eigenvalue weighted by atomic mass is 9.67. The third-order valence-corrected chi connectivity index (χ3v) is 10.3. The van der Waals surface area contributed by atoms with E-state index in [9.17, 15) is 9.90 Å². The SMILES string of the molecule is C=C/C(Cl)=C(\N=C/CC1=NC2(CCC(C(C)(C)CC)CC2)N(C(CCC(C)(C)C)c2ccc(CC(=O)OCCC)cc2)C1O)OC. The van der Waals surface area contributed by atoms with Crippen molar-refractivity contribution in [2.24, 2.45) is 26.7 Å². The van der Waals surface area contributed by atoms with E-state index in [1.807, 2.05) is 19.1 Å². The second kappa shape index (κ2) is 16.6. The van der Waals surface area contributed by atoms with Crippen LogP contribution in [0.4, 0.5) is 0 Å². The van der Waals surface area contributed by atoms with Crippen LogP contribution in [0.25, 0.3) is 0 Å². The molecule has 1 aliphatic heterocycles. The van der Waals surface area contributed by atoms with E-state index in [1.165, 1.54) is 13.2 Å². The van der Waals surface area contributed by atoms with E-state index >= 15 is 0 Å². The number of allylic oxidation sites excluding steroid dienone is 2. The number of carbonyl (C=O) groups excluding carboxylic acids is 1. The first-order valence-electron chi connectivity index (χ1n) is 17.1. The molecular formula is C38H58ClN3O4. The lowest BCUT2D eigenvalue weighted by Crippen LogP contribution is -2.53. The summed E-state index contributed by atoms with van der Waals surface area (Å²) in [5.74, 6) is 0.679. The first-order chi connectivity index (χ1) is 21.7. The lowest BCUT2D eigenvalue weighted by molar-refractivity contribution is -0.142. The zero-order valence-electron chi connectivity index (χ0n) is 29.6. The molecule has 1 N–H and O–H groups in total. The summed E-state index contributed by atoms with van der Waals surface area (Å²) in [6, 6.07) is 8.23. The van der Waals surface area contributed by atoms with Gasteiger partial charge in [-0.05, 0) is 78.9 Å². The fraction of sp³-hybridized carbons (Fsp3) is 0.658. The minimum Gasteiger partial charge on any atom is -0.480 e. The molecule has 1 aromatic rings. The molecule has 1 fully saturated rings. The van der Waals surface area contributed by atoms with Gasteiger partial charge < -0.3 is 14.6 Å². The highest BCUT2D eigenvalue weighted by atomic mass is 35.5. The molecule has 256 valence electrons. The van der Waals surface area contributed by atoms with Crippen LogP contribution in [0.3, 0.4) is 0 Å². The molecule has 0 bridgehead atoms. The number of ether oxygens (including phenoxy) is 2. The quantitative estimate of drug-likeness (QED) is 0.0882. The fourth-order valence-corrected chi connectivity index (χ4v) is 6.88. The van der Waals surface area contributed by atoms with Crippen molar-refractivity contribution in [3.63, 3.8) is 0 Å². The highest BCUT2D eigenvalue weighted by Crippen LogP contribution is 2.51. The van der Waals surface area contributed by atoms with Crippen LogP contribution < -0.4 is 0 Å². The number of carbonyl (C=O) groups is 1. The van der Waals surface area contributed by atoms with Gasteiger partial charge in [0.15, 0.2) is 0 Å². The standard InChI is InChI=1S/C38H58ClN3O4/c1-10-25-46-33(43)26-27-13-15-28(16-14-27)32(19-21-36(4,5)6)42-35(44)31(20-24-40-34(45-9)30(39)11-2)41-38(42)22-17-29(18-23-38)37(7,8)12-3/h11,13-16,24,29,32,35,44H,2,10,12,17-23,25-26H2,1,3-9H3/b34-30-,40-24-. The number of aliphatic hydroxyl groups is 1. The number of methoxy groups -OCH3 is 1. The van der Waals surface area contributed by atoms with E-state index in [2.05, 4.69) is 70.1 Å². The summed E-state index contributed by atoms with van der Waals surface area (Å²) in [4.78, 5) is 24.4. The maximum Gasteiger partial charge on any atom is 0.310 e. The van der Waals surface area contributed by atoms with Gasteiger partial charge in [0, 0.05) is 18.7 Å². The summed E-state index contributed by atoms with van der Waals surface area (Å²) in [7, 11) is 1.52. The van der Waals surface area contributed by atoms with Crippen LogP contribution in [0.15, 0.2) is 57.8 Å². The zero-order valence-corrected chi connectivity index (χ0v) is 30.3. The molecule has 3 rings (SSSR count). The molecule has 2 aliphatic rings. The number of halogens is 1. The van der Waals surface area contributed by atoms with E-state index in [0.29, 0.717) is 29.7 Å². The largest absolute Gasteiger partial charge is 0.480 e. The summed E-state index contributed by atoms with van der Waals surface area (Å²) in [5, 5.41) is 12.4. The molecule has 7 nitrogen and oxygen atoms in total. The minimum absolute atomic E-state index is 0.0612. The van der Waals surface area contributed by atoms with E-state index < -0.39 is 11.9 Å². The maximum absolute atomic E-state index is 12.3. The second-order valence-electron chi connectivity index (χ2n) is 14.8. The number of nitrogens with zero attached hydrogens (tertiary/aromatic N) is 3. The molecule has 2 unspecified atom stereocenters. The van der Waals surface area contributed by atoms with Crippen molar-refractivity contribution in [2.45, 2.75) is 131 Å². The fourth-order valence-electron chi connectivity index (χ4n) is 6.75. The molecule has 2 atom stereocenters. The predicted octanol–water partition coefficient (Wildman–Crippen LogP) is 9.15. The maximum atomic E-state index is 12.3. The van der Waals surface area contributed by atoms with Crippen molar-refractivity contribution >= 4 is 29.5 Å². The molecule has 1 aliphatic carbocycles. The van der Waals surface area contributed by atoms with Crippen molar-refractivity contribution in [1.29, 1.82) is 0 Å². The van der Waals surface area contributed by atoms with Gasteiger partial charge in [0.05, 0.1) is 25.8 Å². The number of hydrogen-bond donors (Lipinski definition) is 1. The Morgan fingerprint density at radius 1 is 1.20 bits per heavy atom. The van der Waals surface area contributed by atoms with Crippen molar-refractivity contribution in [2.75, 3.05) is 13.7 Å². The van der Waals surface area contributed by atoms with Crippen molar-refractivity contribution in [3.8, 4) is 0 Å². The highest BCUT2D eigenvalue weighted by molar-refractivity contribution is 6.31. The Hall–Kier alpha value is -2.48. The first kappa shape index (κ1) is 38.0. The summed E-state index contributed by atoms with van der Waals surface area (Å²) >= 11 is 6.21. The molecule has 0 radical (unpaired) electrons. The first-order valence-corrected chi connectivity index (χ1v) is 17.5. The summed E-state index contributed by atoms with van der Waals surface area (Å²) in [6.07, 6.45) is 10.7. The second-order valence-corrected chi connectivity index (χ2v) is 15.2. The van der Waals surface area contributed by atoms with Gasteiger partial charge >= 0.3 is 5.97 Å². The molecule has 1 saturated carbocycles. The van der Waals surface area contributed by atoms with Gasteiger partial charge in [0.1, 0.15) is 16.9 Å². The number of esters is 1. The van der Waals surface area contributed by atoms with Gasteiger partial charge in [-0.15, -0.1) is 0 Å². The van der Waals surface area contributed by atoms with Gasteiger partial charge in [0.25, 0.3) is 0 Å². The third-order valence-electron chi connectivity index (χ3n) is 9.97. The number of aliphatic hydroxyl groups excluding tert-OH is 1. The topological polar surface area (TPSA) is 83.7 Å². The van der Waals surface area contributed by atoms with Crippen molar-refractivity contribution in [3.05, 3.63) is 59.0 Å². The molecule has 0 saturated heterocycles. The van der Waals surface area contributed by atoms with E-state index in [4.69, 9.17) is 26.1 Å². The van der Waals surface area contributed by atoms with E-state index in [1.54, 1.807) is 6.21 Å². The normalized spacial score (nSPS) is 23.7. The average molecular weight is 656 g/mol. The van der Waals surface area contributed by atoms with Gasteiger partial charge in [0.2, 0.25) is 5.88 Å². The van der Waals surface area contributed by atoms with Gasteiger partial charge in [-0.1, -0.05) is 97.3 Å². The monoisotopic (exact) mass is 655 g/mol. The smallest absolute Gasteiger partial charge is 0.310 e. The van der Waals surface area contributed by atoms with Crippen LogP contribution in [0.2, 0.25) is 0 Å². The van der Waals surface area contributed by atoms with Gasteiger partial charge in [-0.2, -0.15) is 0 Å². The van der Waals surface area contributed by atoms with E-state index in [0.717, 1.165) is 62.5 Å². The zero-order chi connectivity index (χ0) is 34.1. The lowest BCUT2D eigenvalue weighted by Gasteiger charge is -2.49. The Labute approximate surface area is 283 Å². The van der Waals surface area contributed by atoms with Crippen molar-refractivity contribution < 1.29 is 19.4 Å². The third kappa shape index (κ3) is 9.77. The number of aliphatic imine (C=N–C) groups is 2. The summed E-state index contributed by atoms with van der Waals surface area (Å²) in [6.45, 7) is 19.9. The highest BCUT2D eigenvalue weighted by Gasteiger charge is 2.52. The molecule has 1 spiro atoms. The number of hydrogen-bond acceptors (Lipinski definition) is 7.